The van der Waals surface area contributed by atoms with Gasteiger partial charge in [-0.2, -0.15) is 0 Å². The first-order valence-corrected chi connectivity index (χ1v) is 3.56. The summed E-state index contributed by atoms with van der Waals surface area (Å²) in [6.45, 7) is 3.66. The normalized spacial score (nSPS) is 24.1. The highest BCUT2D eigenvalue weighted by Gasteiger charge is 2.07. The molecule has 1 rings (SSSR count). The van der Waals surface area contributed by atoms with E-state index in [2.05, 4.69) is 6.58 Å². The molecule has 1 aliphatic carbocycles. The van der Waals surface area contributed by atoms with Gasteiger partial charge in [-0.3, -0.25) is 0 Å². The Morgan fingerprint density at radius 3 is 2.90 bits per heavy atom. The summed E-state index contributed by atoms with van der Waals surface area (Å²) >= 11 is 5.69. The Bertz CT molecular complexity index is 203. The average Bonchev–Trinajstić information content (AvgIpc) is 1.88. The maximum absolute atomic E-state index is 5.69. The minimum Gasteiger partial charge on any atom is -0.402 e. The molecule has 0 aromatic heterocycles. The number of rotatable bonds is 1. The van der Waals surface area contributed by atoms with E-state index in [0.29, 0.717) is 5.70 Å². The van der Waals surface area contributed by atoms with Gasteiger partial charge in [-0.1, -0.05) is 30.3 Å². The summed E-state index contributed by atoms with van der Waals surface area (Å²) in [5.41, 5.74) is 6.20. The molecule has 10 heavy (non-hydrogen) atoms. The zero-order valence-electron chi connectivity index (χ0n) is 5.68. The van der Waals surface area contributed by atoms with E-state index >= 15 is 0 Å². The molecule has 0 saturated carbocycles. The van der Waals surface area contributed by atoms with Crippen molar-refractivity contribution in [1.82, 2.24) is 0 Å². The molecule has 0 aromatic rings. The van der Waals surface area contributed by atoms with Crippen molar-refractivity contribution in [1.29, 1.82) is 0 Å². The quantitative estimate of drug-likeness (QED) is 0.617. The maximum Gasteiger partial charge on any atom is 0.0363 e. The molecule has 0 amide bonds. The molecule has 1 nitrogen and oxygen atoms in total. The van der Waals surface area contributed by atoms with Crippen molar-refractivity contribution < 1.29 is 0 Å². The molecule has 0 saturated heterocycles. The molecule has 1 aliphatic rings. The second-order valence-corrected chi connectivity index (χ2v) is 2.80. The van der Waals surface area contributed by atoms with Gasteiger partial charge in [0.15, 0.2) is 0 Å². The summed E-state index contributed by atoms with van der Waals surface area (Å²) in [4.78, 5) is 0. The third-order valence-corrected chi connectivity index (χ3v) is 1.81. The van der Waals surface area contributed by atoms with E-state index in [0.717, 1.165) is 11.5 Å². The van der Waals surface area contributed by atoms with E-state index in [1.807, 2.05) is 18.2 Å². The third kappa shape index (κ3) is 1.64. The van der Waals surface area contributed by atoms with Crippen molar-refractivity contribution in [2.45, 2.75) is 6.42 Å². The molecule has 2 N–H and O–H groups in total. The van der Waals surface area contributed by atoms with Crippen molar-refractivity contribution in [2.75, 3.05) is 0 Å². The van der Waals surface area contributed by atoms with Gasteiger partial charge in [-0.05, 0) is 12.5 Å². The van der Waals surface area contributed by atoms with Gasteiger partial charge in [0.05, 0.1) is 0 Å². The second kappa shape index (κ2) is 2.93. The van der Waals surface area contributed by atoms with Gasteiger partial charge < -0.3 is 5.73 Å². The Morgan fingerprint density at radius 1 is 1.80 bits per heavy atom. The predicted octanol–water partition coefficient (Wildman–Crippen LogP) is 2.16. The van der Waals surface area contributed by atoms with Crippen molar-refractivity contribution in [2.24, 2.45) is 11.7 Å². The first-order valence-electron chi connectivity index (χ1n) is 3.18. The Morgan fingerprint density at radius 2 is 2.50 bits per heavy atom. The van der Waals surface area contributed by atoms with Gasteiger partial charge in [0, 0.05) is 16.6 Å². The van der Waals surface area contributed by atoms with Crippen LogP contribution in [0.5, 0.6) is 0 Å². The summed E-state index contributed by atoms with van der Waals surface area (Å²) < 4.78 is 0. The number of nitrogens with two attached hydrogens (primary N) is 1. The fraction of sp³-hybridized carbons (Fsp3) is 0.250. The van der Waals surface area contributed by atoms with Gasteiger partial charge in [0.2, 0.25) is 0 Å². The molecule has 0 aromatic carbocycles. The van der Waals surface area contributed by atoms with Crippen LogP contribution < -0.4 is 5.73 Å². The summed E-state index contributed by atoms with van der Waals surface area (Å²) in [7, 11) is 0. The van der Waals surface area contributed by atoms with E-state index in [1.165, 1.54) is 0 Å². The topological polar surface area (TPSA) is 26.0 Å². The molecule has 2 heteroatoms. The highest BCUT2D eigenvalue weighted by atomic mass is 35.5. The van der Waals surface area contributed by atoms with Crippen LogP contribution in [0.15, 0.2) is 35.5 Å². The molecule has 0 spiro atoms. The third-order valence-electron chi connectivity index (χ3n) is 1.53. The minimum absolute atomic E-state index is 0.280. The summed E-state index contributed by atoms with van der Waals surface area (Å²) in [5, 5.41) is 0.789. The average molecular weight is 156 g/mol. The smallest absolute Gasteiger partial charge is 0.0363 e. The van der Waals surface area contributed by atoms with Crippen LogP contribution in [0.1, 0.15) is 6.42 Å². The molecule has 0 fully saturated rings. The molecule has 0 heterocycles. The van der Waals surface area contributed by atoms with Crippen molar-refractivity contribution in [3.63, 3.8) is 0 Å². The Balaban J connectivity index is 2.60. The lowest BCUT2D eigenvalue weighted by Crippen LogP contribution is -2.08. The lowest BCUT2D eigenvalue weighted by atomic mass is 9.98. The van der Waals surface area contributed by atoms with Gasteiger partial charge in [-0.15, -0.1) is 0 Å². The van der Waals surface area contributed by atoms with Crippen LogP contribution in [0.3, 0.4) is 0 Å². The van der Waals surface area contributed by atoms with Crippen molar-refractivity contribution >= 4 is 11.6 Å². The van der Waals surface area contributed by atoms with Crippen LogP contribution in [0.4, 0.5) is 0 Å². The van der Waals surface area contributed by atoms with E-state index in [1.54, 1.807) is 0 Å². The zero-order valence-corrected chi connectivity index (χ0v) is 6.43. The van der Waals surface area contributed by atoms with Crippen LogP contribution in [-0.4, -0.2) is 0 Å². The summed E-state index contributed by atoms with van der Waals surface area (Å²) in [5.74, 6) is 0.280. The van der Waals surface area contributed by atoms with Crippen LogP contribution >= 0.6 is 11.6 Å². The maximum atomic E-state index is 5.69. The van der Waals surface area contributed by atoms with Gasteiger partial charge >= 0.3 is 0 Å². The van der Waals surface area contributed by atoms with Crippen LogP contribution in [0.2, 0.25) is 0 Å². The second-order valence-electron chi connectivity index (χ2n) is 2.37. The van der Waals surface area contributed by atoms with Gasteiger partial charge in [0.25, 0.3) is 0 Å². The lowest BCUT2D eigenvalue weighted by Gasteiger charge is -2.12. The minimum atomic E-state index is 0.280. The monoisotopic (exact) mass is 155 g/mol. The number of hydrogen-bond acceptors (Lipinski definition) is 1. The SMILES string of the molecule is C=C(N)C1C=CC(Cl)=CC1. The molecule has 1 atom stereocenters. The Hall–Kier alpha value is -0.690. The van der Waals surface area contributed by atoms with E-state index < -0.39 is 0 Å². The molecular formula is C8H10ClN. The highest BCUT2D eigenvalue weighted by Crippen LogP contribution is 2.21. The predicted molar refractivity (Wildman–Crippen MR) is 44.5 cm³/mol. The summed E-state index contributed by atoms with van der Waals surface area (Å²) in [6, 6.07) is 0. The van der Waals surface area contributed by atoms with E-state index in [4.69, 9.17) is 17.3 Å². The highest BCUT2D eigenvalue weighted by molar-refractivity contribution is 6.31. The molecule has 0 bridgehead atoms. The number of hydrogen-bond donors (Lipinski definition) is 1. The first-order chi connectivity index (χ1) is 4.70. The summed E-state index contributed by atoms with van der Waals surface area (Å²) in [6.07, 6.45) is 6.66. The van der Waals surface area contributed by atoms with Gasteiger partial charge in [0.1, 0.15) is 0 Å². The standard InChI is InChI=1S/C8H10ClN/c1-6(10)7-2-4-8(9)5-3-7/h2,4-5,7H,1,3,10H2. The number of allylic oxidation sites excluding steroid dienone is 4. The Labute approximate surface area is 65.9 Å². The van der Waals surface area contributed by atoms with Crippen LogP contribution in [0, 0.1) is 5.92 Å². The van der Waals surface area contributed by atoms with Crippen molar-refractivity contribution in [3.8, 4) is 0 Å². The van der Waals surface area contributed by atoms with E-state index in [9.17, 15) is 0 Å². The van der Waals surface area contributed by atoms with Crippen molar-refractivity contribution in [3.05, 3.63) is 35.5 Å². The molecule has 0 radical (unpaired) electrons. The molecular weight excluding hydrogens is 146 g/mol. The molecule has 0 aliphatic heterocycles. The Kier molecular flexibility index (Phi) is 2.17. The molecule has 1 unspecified atom stereocenters. The first kappa shape index (κ1) is 7.42. The van der Waals surface area contributed by atoms with Crippen LogP contribution in [-0.2, 0) is 0 Å². The fourth-order valence-corrected chi connectivity index (χ4v) is 1.03. The van der Waals surface area contributed by atoms with E-state index in [-0.39, 0.29) is 5.92 Å². The fourth-order valence-electron chi connectivity index (χ4n) is 0.869. The molecule has 54 valence electrons. The zero-order chi connectivity index (χ0) is 7.56. The largest absolute Gasteiger partial charge is 0.402 e. The van der Waals surface area contributed by atoms with Crippen LogP contribution in [0.25, 0.3) is 0 Å². The number of halogens is 1. The lowest BCUT2D eigenvalue weighted by molar-refractivity contribution is 0.758. The van der Waals surface area contributed by atoms with Gasteiger partial charge in [-0.25, -0.2) is 0 Å².